The number of hydrogen-bond donors (Lipinski definition) is 0. The molecule has 0 spiro atoms. The minimum Gasteiger partial charge on any atom is -0.310 e. The number of nitrogens with zero attached hydrogens (tertiary/aromatic N) is 2. The van der Waals surface area contributed by atoms with Crippen molar-refractivity contribution in [3.05, 3.63) is 217 Å². The van der Waals surface area contributed by atoms with Crippen LogP contribution in [0.4, 0.5) is 17.1 Å². The molecular weight excluding hydrogens is 745 g/mol. The summed E-state index contributed by atoms with van der Waals surface area (Å²) in [7, 11) is 0. The van der Waals surface area contributed by atoms with Crippen LogP contribution in [0.1, 0.15) is 25.0 Å². The summed E-state index contributed by atoms with van der Waals surface area (Å²) in [5.74, 6) is 0. The average Bonchev–Trinajstić information content (AvgIpc) is 3.91. The van der Waals surface area contributed by atoms with Crippen molar-refractivity contribution in [3.63, 3.8) is 0 Å². The van der Waals surface area contributed by atoms with Gasteiger partial charge < -0.3 is 9.47 Å². The first-order valence-electron chi connectivity index (χ1n) is 20.7. The summed E-state index contributed by atoms with van der Waals surface area (Å²) in [4.78, 5) is 2.37. The first kappa shape index (κ1) is 34.8. The van der Waals surface area contributed by atoms with Crippen molar-refractivity contribution >= 4 is 70.4 Å². The Kier molecular flexibility index (Phi) is 7.79. The van der Waals surface area contributed by atoms with Gasteiger partial charge in [0.2, 0.25) is 0 Å². The Balaban J connectivity index is 1.00. The first-order valence-corrected chi connectivity index (χ1v) is 21.6. The lowest BCUT2D eigenvalue weighted by Crippen LogP contribution is -2.14. The van der Waals surface area contributed by atoms with Crippen LogP contribution in [0.25, 0.3) is 81.0 Å². The molecule has 12 rings (SSSR count). The number of fused-ring (bicyclic) bond motifs is 9. The summed E-state index contributed by atoms with van der Waals surface area (Å²) in [5.41, 5.74) is 17.3. The molecule has 9 aromatic carbocycles. The van der Waals surface area contributed by atoms with E-state index in [1.165, 1.54) is 92.2 Å². The summed E-state index contributed by atoms with van der Waals surface area (Å²) in [5, 5.41) is 5.11. The lowest BCUT2D eigenvalue weighted by Gasteiger charge is -2.26. The van der Waals surface area contributed by atoms with Crippen LogP contribution in [0.15, 0.2) is 206 Å². The summed E-state index contributed by atoms with van der Waals surface area (Å²) >= 11 is 1.87. The Morgan fingerprint density at radius 3 is 1.70 bits per heavy atom. The van der Waals surface area contributed by atoms with Crippen LogP contribution < -0.4 is 4.90 Å². The number of rotatable bonds is 6. The standard InChI is InChI=1S/C57H40N2S/c1-57(2)51-21-13-12-20-45(51)46-35-48-47-32-39(24-29-53(47)59(54(48)36-52(46)57)42-18-10-5-11-19-42)40-25-30-55-49(33-40)50-34-44(28-31-56(50)60-55)58(41-16-8-4-9-17-41)43-26-22-38(23-27-43)37-14-6-3-7-15-37/h3-36H,1-2H3. The van der Waals surface area contributed by atoms with E-state index in [0.29, 0.717) is 0 Å². The van der Waals surface area contributed by atoms with Gasteiger partial charge >= 0.3 is 0 Å². The topological polar surface area (TPSA) is 8.17 Å². The van der Waals surface area contributed by atoms with Crippen molar-refractivity contribution in [1.82, 2.24) is 4.57 Å². The molecule has 0 N–H and O–H groups in total. The Morgan fingerprint density at radius 1 is 0.383 bits per heavy atom. The van der Waals surface area contributed by atoms with Crippen molar-refractivity contribution in [3.8, 4) is 39.1 Å². The second-order valence-corrected chi connectivity index (χ2v) is 17.6. The smallest absolute Gasteiger partial charge is 0.0544 e. The molecule has 2 nitrogen and oxygen atoms in total. The van der Waals surface area contributed by atoms with Gasteiger partial charge in [-0.1, -0.05) is 129 Å². The Labute approximate surface area is 353 Å². The molecule has 284 valence electrons. The van der Waals surface area contributed by atoms with Crippen molar-refractivity contribution in [2.75, 3.05) is 4.90 Å². The third-order valence-corrected chi connectivity index (χ3v) is 13.9. The van der Waals surface area contributed by atoms with Crippen LogP contribution in [-0.4, -0.2) is 4.57 Å². The minimum absolute atomic E-state index is 0.0764. The highest BCUT2D eigenvalue weighted by Crippen LogP contribution is 2.51. The molecule has 2 aromatic heterocycles. The normalized spacial score (nSPS) is 13.0. The molecule has 1 aliphatic carbocycles. The van der Waals surface area contributed by atoms with E-state index >= 15 is 0 Å². The zero-order valence-corrected chi connectivity index (χ0v) is 34.2. The maximum Gasteiger partial charge on any atom is 0.0544 e. The Morgan fingerprint density at radius 2 is 0.933 bits per heavy atom. The van der Waals surface area contributed by atoms with Crippen molar-refractivity contribution < 1.29 is 0 Å². The third-order valence-electron chi connectivity index (χ3n) is 12.8. The summed E-state index contributed by atoms with van der Waals surface area (Å²) in [6, 6.07) is 76.0. The van der Waals surface area contributed by atoms with E-state index in [2.05, 4.69) is 230 Å². The lowest BCUT2D eigenvalue weighted by atomic mass is 9.82. The molecule has 0 bridgehead atoms. The molecule has 3 heteroatoms. The molecule has 0 saturated carbocycles. The fourth-order valence-corrected chi connectivity index (χ4v) is 10.9. The van der Waals surface area contributed by atoms with Crippen LogP contribution in [-0.2, 0) is 5.41 Å². The van der Waals surface area contributed by atoms with E-state index in [-0.39, 0.29) is 5.41 Å². The molecule has 0 unspecified atom stereocenters. The van der Waals surface area contributed by atoms with Gasteiger partial charge in [-0.3, -0.25) is 0 Å². The number of anilines is 3. The molecule has 11 aromatic rings. The first-order chi connectivity index (χ1) is 29.5. The predicted octanol–water partition coefficient (Wildman–Crippen LogP) is 16.3. The predicted molar refractivity (Wildman–Crippen MR) is 257 cm³/mol. The van der Waals surface area contributed by atoms with Gasteiger partial charge in [0.15, 0.2) is 0 Å². The Hall–Kier alpha value is -7.20. The number of thiophene rings is 1. The molecule has 0 amide bonds. The van der Waals surface area contributed by atoms with E-state index < -0.39 is 0 Å². The fourth-order valence-electron chi connectivity index (χ4n) is 9.79. The highest BCUT2D eigenvalue weighted by Gasteiger charge is 2.36. The van der Waals surface area contributed by atoms with Gasteiger partial charge in [-0.15, -0.1) is 11.3 Å². The number of hydrogen-bond acceptors (Lipinski definition) is 2. The highest BCUT2D eigenvalue weighted by atomic mass is 32.1. The summed E-state index contributed by atoms with van der Waals surface area (Å²) < 4.78 is 5.04. The maximum atomic E-state index is 2.47. The molecule has 2 heterocycles. The quantitative estimate of drug-likeness (QED) is 0.163. The van der Waals surface area contributed by atoms with Gasteiger partial charge in [-0.2, -0.15) is 0 Å². The van der Waals surface area contributed by atoms with Crippen molar-refractivity contribution in [1.29, 1.82) is 0 Å². The molecule has 0 atom stereocenters. The van der Waals surface area contributed by atoms with E-state index in [9.17, 15) is 0 Å². The molecule has 60 heavy (non-hydrogen) atoms. The zero-order valence-electron chi connectivity index (χ0n) is 33.4. The maximum absolute atomic E-state index is 2.47. The van der Waals surface area contributed by atoms with Gasteiger partial charge in [-0.05, 0) is 136 Å². The molecule has 0 saturated heterocycles. The second-order valence-electron chi connectivity index (χ2n) is 16.6. The van der Waals surface area contributed by atoms with Gasteiger partial charge in [0, 0.05) is 59.1 Å². The van der Waals surface area contributed by atoms with Crippen molar-refractivity contribution in [2.24, 2.45) is 0 Å². The summed E-state index contributed by atoms with van der Waals surface area (Å²) in [6.07, 6.45) is 0. The van der Waals surface area contributed by atoms with Gasteiger partial charge in [0.05, 0.1) is 11.0 Å². The second kappa shape index (κ2) is 13.4. The highest BCUT2D eigenvalue weighted by molar-refractivity contribution is 7.25. The zero-order chi connectivity index (χ0) is 40.0. The van der Waals surface area contributed by atoms with Crippen molar-refractivity contribution in [2.45, 2.75) is 19.3 Å². The Bertz CT molecular complexity index is 3430. The van der Waals surface area contributed by atoms with Crippen LogP contribution in [0.2, 0.25) is 0 Å². The van der Waals surface area contributed by atoms with E-state index in [0.717, 1.165) is 17.1 Å². The van der Waals surface area contributed by atoms with Crippen LogP contribution >= 0.6 is 11.3 Å². The van der Waals surface area contributed by atoms with Gasteiger partial charge in [0.1, 0.15) is 0 Å². The SMILES string of the molecule is CC1(C)c2ccccc2-c2cc3c4cc(-c5ccc6sc7ccc(N(c8ccccc8)c8ccc(-c9ccccc9)cc8)cc7c6c5)ccc4n(-c4ccccc4)c3cc21. The molecular formula is C57H40N2S. The molecule has 0 radical (unpaired) electrons. The van der Waals surface area contributed by atoms with E-state index in [1.54, 1.807) is 0 Å². The monoisotopic (exact) mass is 784 g/mol. The molecule has 1 aliphatic rings. The molecule has 0 aliphatic heterocycles. The van der Waals surface area contributed by atoms with Crippen LogP contribution in [0.5, 0.6) is 0 Å². The largest absolute Gasteiger partial charge is 0.310 e. The third kappa shape index (κ3) is 5.40. The van der Waals surface area contributed by atoms with E-state index in [1.807, 2.05) is 11.3 Å². The summed E-state index contributed by atoms with van der Waals surface area (Å²) in [6.45, 7) is 4.74. The van der Waals surface area contributed by atoms with Crippen LogP contribution in [0.3, 0.4) is 0 Å². The minimum atomic E-state index is -0.0764. The van der Waals surface area contributed by atoms with E-state index in [4.69, 9.17) is 0 Å². The van der Waals surface area contributed by atoms with Gasteiger partial charge in [-0.25, -0.2) is 0 Å². The number of para-hydroxylation sites is 2. The average molecular weight is 785 g/mol. The molecule has 0 fully saturated rings. The number of benzene rings is 9. The number of aromatic nitrogens is 1. The fraction of sp³-hybridized carbons (Fsp3) is 0.0526. The van der Waals surface area contributed by atoms with Crippen LogP contribution in [0, 0.1) is 0 Å². The lowest BCUT2D eigenvalue weighted by molar-refractivity contribution is 0.661. The van der Waals surface area contributed by atoms with Gasteiger partial charge in [0.25, 0.3) is 0 Å².